The molecule has 1 aromatic carbocycles. The Bertz CT molecular complexity index is 674. The second-order valence-corrected chi connectivity index (χ2v) is 7.19. The van der Waals surface area contributed by atoms with Gasteiger partial charge in [-0.15, -0.1) is 24.0 Å². The first kappa shape index (κ1) is 25.6. The SMILES string of the molecule is CCCNC(=O)CCN=C(NCC)NC1CCN(c2cc(Cl)ccc2OC)C1.I. The van der Waals surface area contributed by atoms with E-state index in [4.69, 9.17) is 16.3 Å². The summed E-state index contributed by atoms with van der Waals surface area (Å²) in [7, 11) is 1.67. The van der Waals surface area contributed by atoms with Gasteiger partial charge in [-0.1, -0.05) is 18.5 Å². The fourth-order valence-electron chi connectivity index (χ4n) is 3.14. The number of anilines is 1. The van der Waals surface area contributed by atoms with Crippen molar-refractivity contribution in [3.63, 3.8) is 0 Å². The van der Waals surface area contributed by atoms with Gasteiger partial charge >= 0.3 is 0 Å². The Morgan fingerprint density at radius 1 is 1.34 bits per heavy atom. The molecular weight excluding hydrogens is 505 g/mol. The van der Waals surface area contributed by atoms with Crippen LogP contribution in [-0.4, -0.2) is 57.7 Å². The molecule has 1 saturated heterocycles. The predicted octanol–water partition coefficient (Wildman–Crippen LogP) is 3.02. The van der Waals surface area contributed by atoms with Crippen LogP contribution < -0.4 is 25.6 Å². The molecule has 0 radical (unpaired) electrons. The van der Waals surface area contributed by atoms with Gasteiger partial charge in [-0.3, -0.25) is 9.79 Å². The van der Waals surface area contributed by atoms with Crippen LogP contribution in [-0.2, 0) is 4.79 Å². The van der Waals surface area contributed by atoms with E-state index < -0.39 is 0 Å². The van der Waals surface area contributed by atoms with E-state index in [1.807, 2.05) is 32.0 Å². The number of guanidine groups is 1. The number of methoxy groups -OCH3 is 1. The maximum atomic E-state index is 11.7. The highest BCUT2D eigenvalue weighted by atomic mass is 127. The fraction of sp³-hybridized carbons (Fsp3) is 0.600. The Hall–Kier alpha value is -1.42. The number of benzene rings is 1. The third kappa shape index (κ3) is 8.46. The molecule has 1 aliphatic heterocycles. The first-order chi connectivity index (χ1) is 13.6. The van der Waals surface area contributed by atoms with Gasteiger partial charge in [-0.05, 0) is 38.0 Å². The van der Waals surface area contributed by atoms with Crippen molar-refractivity contribution in [3.05, 3.63) is 23.2 Å². The molecule has 9 heteroatoms. The standard InChI is InChI=1S/C20H32ClN5O2.HI/c1-4-10-23-19(27)8-11-24-20(22-5-2)25-16-9-12-26(14-16)17-13-15(21)6-7-18(17)28-3;/h6-7,13,16H,4-5,8-12,14H2,1-3H3,(H,23,27)(H2,22,24,25);1H. The normalized spacial score (nSPS) is 16.2. The maximum Gasteiger partial charge on any atom is 0.221 e. The highest BCUT2D eigenvalue weighted by Gasteiger charge is 2.25. The molecule has 0 bridgehead atoms. The summed E-state index contributed by atoms with van der Waals surface area (Å²) >= 11 is 6.17. The summed E-state index contributed by atoms with van der Waals surface area (Å²) in [5.74, 6) is 1.61. The molecule has 1 amide bonds. The Morgan fingerprint density at radius 3 is 2.83 bits per heavy atom. The number of nitrogens with zero attached hydrogens (tertiary/aromatic N) is 2. The Morgan fingerprint density at radius 2 is 2.14 bits per heavy atom. The zero-order valence-electron chi connectivity index (χ0n) is 17.5. The van der Waals surface area contributed by atoms with Crippen molar-refractivity contribution in [2.45, 2.75) is 39.2 Å². The highest BCUT2D eigenvalue weighted by Crippen LogP contribution is 2.33. The number of nitrogens with one attached hydrogen (secondary N) is 3. The van der Waals surface area contributed by atoms with Gasteiger partial charge in [0, 0.05) is 43.7 Å². The van der Waals surface area contributed by atoms with Gasteiger partial charge < -0.3 is 25.6 Å². The van der Waals surface area contributed by atoms with Crippen LogP contribution in [0.2, 0.25) is 5.02 Å². The Labute approximate surface area is 196 Å². The molecule has 1 unspecified atom stereocenters. The monoisotopic (exact) mass is 537 g/mol. The van der Waals surface area contributed by atoms with Crippen LogP contribution in [0.5, 0.6) is 5.75 Å². The second kappa shape index (κ2) is 13.7. The molecule has 2 rings (SSSR count). The van der Waals surface area contributed by atoms with Crippen LogP contribution in [0.15, 0.2) is 23.2 Å². The maximum absolute atomic E-state index is 11.7. The fourth-order valence-corrected chi connectivity index (χ4v) is 3.31. The van der Waals surface area contributed by atoms with E-state index in [0.29, 0.717) is 24.5 Å². The summed E-state index contributed by atoms with van der Waals surface area (Å²) < 4.78 is 5.48. The van der Waals surface area contributed by atoms with Gasteiger partial charge in [0.1, 0.15) is 5.75 Å². The molecule has 164 valence electrons. The smallest absolute Gasteiger partial charge is 0.221 e. The third-order valence-electron chi connectivity index (χ3n) is 4.54. The van der Waals surface area contributed by atoms with Gasteiger partial charge in [0.15, 0.2) is 5.96 Å². The molecule has 3 N–H and O–H groups in total. The number of ether oxygens (including phenoxy) is 1. The molecule has 0 spiro atoms. The molecular formula is C20H33ClIN5O2. The molecule has 1 aromatic rings. The van der Waals surface area contributed by atoms with Gasteiger partial charge in [0.05, 0.1) is 19.3 Å². The Balaban J connectivity index is 0.00000420. The van der Waals surface area contributed by atoms with Crippen LogP contribution >= 0.6 is 35.6 Å². The van der Waals surface area contributed by atoms with Gasteiger partial charge in [0.25, 0.3) is 0 Å². The lowest BCUT2D eigenvalue weighted by molar-refractivity contribution is -0.120. The molecule has 0 aliphatic carbocycles. The number of rotatable bonds is 9. The number of carbonyl (C=O) groups is 1. The summed E-state index contributed by atoms with van der Waals surface area (Å²) in [6.45, 7) is 7.76. The van der Waals surface area contributed by atoms with E-state index in [-0.39, 0.29) is 35.9 Å². The van der Waals surface area contributed by atoms with Crippen LogP contribution in [0.1, 0.15) is 33.1 Å². The second-order valence-electron chi connectivity index (χ2n) is 6.75. The predicted molar refractivity (Wildman–Crippen MR) is 131 cm³/mol. The third-order valence-corrected chi connectivity index (χ3v) is 4.77. The lowest BCUT2D eigenvalue weighted by Gasteiger charge is -2.22. The van der Waals surface area contributed by atoms with Crippen molar-refractivity contribution in [1.82, 2.24) is 16.0 Å². The van der Waals surface area contributed by atoms with Crippen LogP contribution in [0.4, 0.5) is 5.69 Å². The zero-order valence-corrected chi connectivity index (χ0v) is 20.5. The molecule has 1 fully saturated rings. The summed E-state index contributed by atoms with van der Waals surface area (Å²) in [6.07, 6.45) is 2.32. The molecule has 1 heterocycles. The summed E-state index contributed by atoms with van der Waals surface area (Å²) in [4.78, 5) is 18.5. The molecule has 0 aromatic heterocycles. The van der Waals surface area contributed by atoms with Gasteiger partial charge in [-0.25, -0.2) is 0 Å². The van der Waals surface area contributed by atoms with Crippen molar-refractivity contribution in [1.29, 1.82) is 0 Å². The average molecular weight is 538 g/mol. The van der Waals surface area contributed by atoms with Crippen molar-refractivity contribution in [2.24, 2.45) is 4.99 Å². The number of amides is 1. The number of hydrogen-bond donors (Lipinski definition) is 3. The zero-order chi connectivity index (χ0) is 20.4. The minimum absolute atomic E-state index is 0. The lowest BCUT2D eigenvalue weighted by Crippen LogP contribution is -2.44. The van der Waals surface area contributed by atoms with E-state index in [1.54, 1.807) is 7.11 Å². The van der Waals surface area contributed by atoms with Crippen LogP contribution in [0.3, 0.4) is 0 Å². The summed E-state index contributed by atoms with van der Waals surface area (Å²) in [5, 5.41) is 10.3. The minimum atomic E-state index is 0. The minimum Gasteiger partial charge on any atom is -0.495 e. The van der Waals surface area contributed by atoms with Crippen molar-refractivity contribution in [3.8, 4) is 5.75 Å². The molecule has 1 aliphatic rings. The molecule has 7 nitrogen and oxygen atoms in total. The van der Waals surface area contributed by atoms with Crippen LogP contribution in [0.25, 0.3) is 0 Å². The number of carbonyl (C=O) groups excluding carboxylic acids is 1. The van der Waals surface area contributed by atoms with Gasteiger partial charge in [0.2, 0.25) is 5.91 Å². The first-order valence-electron chi connectivity index (χ1n) is 9.97. The van der Waals surface area contributed by atoms with E-state index in [9.17, 15) is 4.79 Å². The lowest BCUT2D eigenvalue weighted by atomic mass is 10.2. The number of hydrogen-bond acceptors (Lipinski definition) is 4. The Kier molecular flexibility index (Phi) is 12.1. The summed E-state index contributed by atoms with van der Waals surface area (Å²) in [6, 6.07) is 5.93. The van der Waals surface area contributed by atoms with E-state index in [2.05, 4.69) is 25.8 Å². The van der Waals surface area contributed by atoms with Crippen molar-refractivity contribution >= 4 is 53.1 Å². The topological polar surface area (TPSA) is 78.0 Å². The van der Waals surface area contributed by atoms with Crippen molar-refractivity contribution < 1.29 is 9.53 Å². The van der Waals surface area contributed by atoms with Crippen LogP contribution in [0, 0.1) is 0 Å². The molecule has 0 saturated carbocycles. The van der Waals surface area contributed by atoms with Crippen molar-refractivity contribution in [2.75, 3.05) is 44.7 Å². The summed E-state index contributed by atoms with van der Waals surface area (Å²) in [5.41, 5.74) is 1.01. The quantitative estimate of drug-likeness (QED) is 0.256. The highest BCUT2D eigenvalue weighted by molar-refractivity contribution is 14.0. The molecule has 1 atom stereocenters. The van der Waals surface area contributed by atoms with E-state index in [1.165, 1.54) is 0 Å². The van der Waals surface area contributed by atoms with E-state index >= 15 is 0 Å². The first-order valence-corrected chi connectivity index (χ1v) is 10.3. The van der Waals surface area contributed by atoms with E-state index in [0.717, 1.165) is 49.9 Å². The largest absolute Gasteiger partial charge is 0.495 e. The number of halogens is 2. The average Bonchev–Trinajstić information content (AvgIpc) is 3.14. The van der Waals surface area contributed by atoms with Gasteiger partial charge in [-0.2, -0.15) is 0 Å². The number of aliphatic imine (C=N–C) groups is 1. The molecule has 29 heavy (non-hydrogen) atoms.